The van der Waals surface area contributed by atoms with Gasteiger partial charge in [-0.1, -0.05) is 35.4 Å². The number of benzene rings is 2. The fraction of sp³-hybridized carbons (Fsp3) is 0.316. The van der Waals surface area contributed by atoms with Crippen LogP contribution in [0.2, 0.25) is 5.02 Å². The van der Waals surface area contributed by atoms with Crippen LogP contribution in [0, 0.1) is 13.8 Å². The van der Waals surface area contributed by atoms with Gasteiger partial charge in [0.2, 0.25) is 10.0 Å². The van der Waals surface area contributed by atoms with Crippen LogP contribution in [0.4, 0.5) is 0 Å². The Morgan fingerprint density at radius 1 is 1.00 bits per heavy atom. The molecule has 0 N–H and O–H groups in total. The highest BCUT2D eigenvalue weighted by atomic mass is 35.5. The first-order valence-corrected chi connectivity index (χ1v) is 10.2. The summed E-state index contributed by atoms with van der Waals surface area (Å²) in [6, 6.07) is 12.1. The van der Waals surface area contributed by atoms with Crippen molar-refractivity contribution in [3.05, 3.63) is 64.2 Å². The topological polar surface area (TPSA) is 57.7 Å². The lowest BCUT2D eigenvalue weighted by atomic mass is 10.2. The Morgan fingerprint density at radius 3 is 2.31 bits per heavy atom. The van der Waals surface area contributed by atoms with Gasteiger partial charge in [0.15, 0.2) is 0 Å². The van der Waals surface area contributed by atoms with E-state index < -0.39 is 10.0 Å². The van der Waals surface area contributed by atoms with Crippen LogP contribution in [-0.4, -0.2) is 49.7 Å². The molecule has 26 heavy (non-hydrogen) atoms. The zero-order valence-electron chi connectivity index (χ0n) is 14.8. The van der Waals surface area contributed by atoms with E-state index in [1.54, 1.807) is 48.2 Å². The summed E-state index contributed by atoms with van der Waals surface area (Å²) < 4.78 is 27.3. The fourth-order valence-corrected chi connectivity index (χ4v) is 4.98. The largest absolute Gasteiger partial charge is 0.336 e. The highest BCUT2D eigenvalue weighted by Gasteiger charge is 2.31. The number of nitrogens with zero attached hydrogens (tertiary/aromatic N) is 2. The Balaban J connectivity index is 1.72. The molecule has 0 aliphatic carbocycles. The van der Waals surface area contributed by atoms with Crippen LogP contribution in [0.1, 0.15) is 21.5 Å². The lowest BCUT2D eigenvalue weighted by Crippen LogP contribution is -2.50. The molecular formula is C19H21ClN2O3S. The van der Waals surface area contributed by atoms with E-state index in [0.717, 1.165) is 11.1 Å². The Labute approximate surface area is 159 Å². The van der Waals surface area contributed by atoms with Crippen LogP contribution in [0.3, 0.4) is 0 Å². The molecule has 0 atom stereocenters. The number of carbonyl (C=O) groups excluding carboxylic acids is 1. The number of rotatable bonds is 3. The second-order valence-electron chi connectivity index (χ2n) is 6.48. The van der Waals surface area contributed by atoms with Crippen molar-refractivity contribution in [1.29, 1.82) is 0 Å². The van der Waals surface area contributed by atoms with Crippen molar-refractivity contribution in [1.82, 2.24) is 9.21 Å². The first-order chi connectivity index (χ1) is 12.3. The summed E-state index contributed by atoms with van der Waals surface area (Å²) in [5.74, 6) is -0.129. The number of hydrogen-bond acceptors (Lipinski definition) is 3. The normalized spacial score (nSPS) is 15.9. The van der Waals surface area contributed by atoms with Crippen LogP contribution < -0.4 is 0 Å². The van der Waals surface area contributed by atoms with Gasteiger partial charge in [-0.3, -0.25) is 4.79 Å². The van der Waals surface area contributed by atoms with E-state index in [-0.39, 0.29) is 19.0 Å². The minimum atomic E-state index is -3.56. The Hall–Kier alpha value is -1.89. The summed E-state index contributed by atoms with van der Waals surface area (Å²) in [6.45, 7) is 5.01. The predicted molar refractivity (Wildman–Crippen MR) is 102 cm³/mol. The molecule has 0 unspecified atom stereocenters. The summed E-state index contributed by atoms with van der Waals surface area (Å²) in [5, 5.41) is 0.506. The Kier molecular flexibility index (Phi) is 5.37. The van der Waals surface area contributed by atoms with Gasteiger partial charge in [-0.15, -0.1) is 0 Å². The molecule has 1 aliphatic heterocycles. The average molecular weight is 393 g/mol. The summed E-state index contributed by atoms with van der Waals surface area (Å²) in [5.41, 5.74) is 2.28. The summed E-state index contributed by atoms with van der Waals surface area (Å²) in [6.07, 6.45) is 0. The molecule has 1 fully saturated rings. The van der Waals surface area contributed by atoms with Gasteiger partial charge in [-0.2, -0.15) is 4.31 Å². The van der Waals surface area contributed by atoms with Crippen LogP contribution in [0.15, 0.2) is 47.4 Å². The molecule has 2 aromatic carbocycles. The number of sulfonamides is 1. The number of piperazine rings is 1. The lowest BCUT2D eigenvalue weighted by molar-refractivity contribution is 0.0698. The van der Waals surface area contributed by atoms with Gasteiger partial charge in [-0.05, 0) is 43.7 Å². The van der Waals surface area contributed by atoms with E-state index >= 15 is 0 Å². The maximum Gasteiger partial charge on any atom is 0.253 e. The third kappa shape index (κ3) is 3.77. The molecule has 0 radical (unpaired) electrons. The van der Waals surface area contributed by atoms with E-state index in [4.69, 9.17) is 11.6 Å². The van der Waals surface area contributed by atoms with Gasteiger partial charge in [0.1, 0.15) is 0 Å². The van der Waals surface area contributed by atoms with Gasteiger partial charge < -0.3 is 4.90 Å². The SMILES string of the molecule is Cc1ccc(S(=O)(=O)N2CCN(C(=O)c3cccc(Cl)c3)CC2)c(C)c1. The molecule has 0 saturated carbocycles. The number of carbonyl (C=O) groups is 1. The van der Waals surface area contributed by atoms with Crippen molar-refractivity contribution in [2.24, 2.45) is 0 Å². The molecule has 0 bridgehead atoms. The zero-order chi connectivity index (χ0) is 18.9. The summed E-state index contributed by atoms with van der Waals surface area (Å²) in [7, 11) is -3.56. The first kappa shape index (κ1) is 18.9. The van der Waals surface area contributed by atoms with Gasteiger partial charge in [0.05, 0.1) is 4.90 Å². The van der Waals surface area contributed by atoms with Gasteiger partial charge in [0, 0.05) is 36.8 Å². The highest BCUT2D eigenvalue weighted by Crippen LogP contribution is 2.23. The van der Waals surface area contributed by atoms with Crippen LogP contribution in [0.5, 0.6) is 0 Å². The standard InChI is InChI=1S/C19H21ClN2O3S/c1-14-6-7-18(15(2)12-14)26(24,25)22-10-8-21(9-11-22)19(23)16-4-3-5-17(20)13-16/h3-7,12-13H,8-11H2,1-2H3. The number of aryl methyl sites for hydroxylation is 2. The minimum Gasteiger partial charge on any atom is -0.336 e. The molecule has 1 aliphatic rings. The monoisotopic (exact) mass is 392 g/mol. The van der Waals surface area contributed by atoms with Crippen molar-refractivity contribution >= 4 is 27.5 Å². The minimum absolute atomic E-state index is 0.129. The molecule has 1 amide bonds. The smallest absolute Gasteiger partial charge is 0.253 e. The Bertz CT molecular complexity index is 936. The maximum atomic E-state index is 12.9. The van der Waals surface area contributed by atoms with Crippen molar-refractivity contribution in [2.75, 3.05) is 26.2 Å². The van der Waals surface area contributed by atoms with E-state index in [2.05, 4.69) is 0 Å². The molecule has 0 spiro atoms. The molecular weight excluding hydrogens is 372 g/mol. The third-order valence-corrected chi connectivity index (χ3v) is 6.84. The number of halogens is 1. The van der Waals surface area contributed by atoms with Crippen LogP contribution >= 0.6 is 11.6 Å². The summed E-state index contributed by atoms with van der Waals surface area (Å²) in [4.78, 5) is 14.6. The second-order valence-corrected chi connectivity index (χ2v) is 8.82. The van der Waals surface area contributed by atoms with Crippen molar-refractivity contribution < 1.29 is 13.2 Å². The molecule has 0 aromatic heterocycles. The summed E-state index contributed by atoms with van der Waals surface area (Å²) >= 11 is 5.95. The van der Waals surface area contributed by atoms with E-state index in [0.29, 0.717) is 28.6 Å². The number of amides is 1. The quantitative estimate of drug-likeness (QED) is 0.806. The van der Waals surface area contributed by atoms with E-state index in [9.17, 15) is 13.2 Å². The predicted octanol–water partition coefficient (Wildman–Crippen LogP) is 3.10. The maximum absolute atomic E-state index is 12.9. The molecule has 2 aromatic rings. The van der Waals surface area contributed by atoms with Crippen LogP contribution in [0.25, 0.3) is 0 Å². The van der Waals surface area contributed by atoms with Gasteiger partial charge in [-0.25, -0.2) is 8.42 Å². The van der Waals surface area contributed by atoms with E-state index in [1.165, 1.54) is 4.31 Å². The fourth-order valence-electron chi connectivity index (χ4n) is 3.16. The zero-order valence-corrected chi connectivity index (χ0v) is 16.3. The Morgan fingerprint density at radius 2 is 1.69 bits per heavy atom. The number of hydrogen-bond donors (Lipinski definition) is 0. The van der Waals surface area contributed by atoms with Crippen molar-refractivity contribution in [2.45, 2.75) is 18.7 Å². The third-order valence-electron chi connectivity index (χ3n) is 4.55. The van der Waals surface area contributed by atoms with Crippen LogP contribution in [-0.2, 0) is 10.0 Å². The molecule has 3 rings (SSSR count). The molecule has 138 valence electrons. The first-order valence-electron chi connectivity index (χ1n) is 8.41. The molecule has 7 heteroatoms. The van der Waals surface area contributed by atoms with E-state index in [1.807, 2.05) is 13.0 Å². The molecule has 1 saturated heterocycles. The van der Waals surface area contributed by atoms with Gasteiger partial charge in [0.25, 0.3) is 5.91 Å². The van der Waals surface area contributed by atoms with Gasteiger partial charge >= 0.3 is 0 Å². The average Bonchev–Trinajstić information content (AvgIpc) is 2.61. The second kappa shape index (κ2) is 7.39. The molecule has 5 nitrogen and oxygen atoms in total. The van der Waals surface area contributed by atoms with Crippen molar-refractivity contribution in [3.63, 3.8) is 0 Å². The highest BCUT2D eigenvalue weighted by molar-refractivity contribution is 7.89. The van der Waals surface area contributed by atoms with Crippen molar-refractivity contribution in [3.8, 4) is 0 Å². The lowest BCUT2D eigenvalue weighted by Gasteiger charge is -2.34. The molecule has 1 heterocycles.